The Labute approximate surface area is 83.2 Å². The molecule has 0 radical (unpaired) electrons. The van der Waals surface area contributed by atoms with Crippen LogP contribution in [0.5, 0.6) is 0 Å². The van der Waals surface area contributed by atoms with Gasteiger partial charge in [0.2, 0.25) is 0 Å². The molecule has 0 heterocycles. The summed E-state index contributed by atoms with van der Waals surface area (Å²) in [6, 6.07) is 0. The van der Waals surface area contributed by atoms with Crippen molar-refractivity contribution in [3.8, 4) is 0 Å². The molecule has 0 aromatic heterocycles. The van der Waals surface area contributed by atoms with Gasteiger partial charge in [-0.2, -0.15) is 0 Å². The van der Waals surface area contributed by atoms with Crippen LogP contribution in [-0.4, -0.2) is 6.67 Å². The van der Waals surface area contributed by atoms with E-state index in [2.05, 4.69) is 20.4 Å². The summed E-state index contributed by atoms with van der Waals surface area (Å²) < 4.78 is 11.0. The highest BCUT2D eigenvalue weighted by atomic mass is 19.1. The first kappa shape index (κ1) is 15.2. The van der Waals surface area contributed by atoms with E-state index in [1.165, 1.54) is 19.3 Å². The molecule has 0 fully saturated rings. The van der Waals surface area contributed by atoms with Crippen LogP contribution in [0, 0.1) is 5.92 Å². The predicted molar refractivity (Wildman–Crippen MR) is 59.8 cm³/mol. The van der Waals surface area contributed by atoms with Gasteiger partial charge in [-0.05, 0) is 18.8 Å². The van der Waals surface area contributed by atoms with Crippen molar-refractivity contribution in [2.75, 3.05) is 6.67 Å². The first-order valence-electron chi connectivity index (χ1n) is 5.39. The Morgan fingerprint density at radius 2 is 1.92 bits per heavy atom. The predicted octanol–water partition coefficient (Wildman–Crippen LogP) is 4.75. The molecule has 0 nitrogen and oxygen atoms in total. The lowest BCUT2D eigenvalue weighted by atomic mass is 10.0. The van der Waals surface area contributed by atoms with Crippen LogP contribution < -0.4 is 0 Å². The summed E-state index contributed by atoms with van der Waals surface area (Å²) in [5.74, 6) is 0.845. The van der Waals surface area contributed by atoms with Crippen LogP contribution in [0.2, 0.25) is 0 Å². The van der Waals surface area contributed by atoms with E-state index in [-0.39, 0.29) is 6.67 Å². The Morgan fingerprint density at radius 1 is 1.31 bits per heavy atom. The van der Waals surface area contributed by atoms with Crippen LogP contribution >= 0.6 is 0 Å². The minimum absolute atomic E-state index is 0.156. The number of hydrogen-bond donors (Lipinski definition) is 0. The number of allylic oxidation sites excluding steroid dienone is 1. The molecule has 13 heavy (non-hydrogen) atoms. The smallest absolute Gasteiger partial charge is 0.0894 e. The Bertz CT molecular complexity index is 87.1. The highest BCUT2D eigenvalue weighted by Gasteiger charge is 1.94. The maximum absolute atomic E-state index is 11.0. The van der Waals surface area contributed by atoms with Crippen molar-refractivity contribution in [3.05, 3.63) is 12.7 Å². The first-order chi connectivity index (χ1) is 6.22. The zero-order valence-corrected chi connectivity index (χ0v) is 9.48. The Balaban J connectivity index is 0. The molecular formula is C12H25F. The third kappa shape index (κ3) is 18.5. The molecule has 0 aromatic rings. The second-order valence-corrected chi connectivity index (χ2v) is 3.46. The Morgan fingerprint density at radius 3 is 2.15 bits per heavy atom. The molecule has 1 atom stereocenters. The second-order valence-electron chi connectivity index (χ2n) is 3.46. The summed E-state index contributed by atoms with van der Waals surface area (Å²) in [7, 11) is 0. The van der Waals surface area contributed by atoms with E-state index in [4.69, 9.17) is 0 Å². The minimum atomic E-state index is -0.156. The summed E-state index contributed by atoms with van der Waals surface area (Å²) in [5, 5.41) is 0. The van der Waals surface area contributed by atoms with E-state index in [1.807, 2.05) is 13.0 Å². The fourth-order valence-corrected chi connectivity index (χ4v) is 1.03. The van der Waals surface area contributed by atoms with E-state index in [1.54, 1.807) is 0 Å². The van der Waals surface area contributed by atoms with Crippen LogP contribution in [0.1, 0.15) is 52.9 Å². The largest absolute Gasteiger partial charge is 0.251 e. The van der Waals surface area contributed by atoms with Gasteiger partial charge < -0.3 is 0 Å². The third-order valence-electron chi connectivity index (χ3n) is 1.84. The van der Waals surface area contributed by atoms with Crippen molar-refractivity contribution < 1.29 is 4.39 Å². The minimum Gasteiger partial charge on any atom is -0.251 e. The van der Waals surface area contributed by atoms with Gasteiger partial charge in [-0.1, -0.05) is 46.1 Å². The van der Waals surface area contributed by atoms with Gasteiger partial charge in [-0.25, -0.2) is 0 Å². The second kappa shape index (κ2) is 14.2. The fraction of sp³-hybridized carbons (Fsp3) is 0.833. The molecular weight excluding hydrogens is 163 g/mol. The highest BCUT2D eigenvalue weighted by molar-refractivity contribution is 4.69. The Hall–Kier alpha value is -0.330. The van der Waals surface area contributed by atoms with Gasteiger partial charge in [-0.3, -0.25) is 4.39 Å². The van der Waals surface area contributed by atoms with Gasteiger partial charge in [0.05, 0.1) is 6.67 Å². The number of alkyl halides is 1. The number of unbranched alkanes of at least 4 members (excludes halogenated alkanes) is 1. The molecule has 0 saturated heterocycles. The van der Waals surface area contributed by atoms with Crippen LogP contribution in [0.15, 0.2) is 12.7 Å². The molecule has 0 aromatic carbocycles. The van der Waals surface area contributed by atoms with Crippen LogP contribution in [-0.2, 0) is 0 Å². The highest BCUT2D eigenvalue weighted by Crippen LogP contribution is 2.08. The number of hydrogen-bond acceptors (Lipinski definition) is 0. The molecule has 0 spiro atoms. The molecule has 0 rings (SSSR count). The van der Waals surface area contributed by atoms with E-state index >= 15 is 0 Å². The topological polar surface area (TPSA) is 0 Å². The van der Waals surface area contributed by atoms with E-state index in [9.17, 15) is 4.39 Å². The first-order valence-corrected chi connectivity index (χ1v) is 5.39. The molecule has 80 valence electrons. The maximum Gasteiger partial charge on any atom is 0.0894 e. The van der Waals surface area contributed by atoms with Crippen LogP contribution in [0.4, 0.5) is 4.39 Å². The van der Waals surface area contributed by atoms with Crippen molar-refractivity contribution in [1.82, 2.24) is 0 Å². The van der Waals surface area contributed by atoms with Gasteiger partial charge in [0.15, 0.2) is 0 Å². The number of rotatable bonds is 6. The van der Waals surface area contributed by atoms with E-state index in [0.29, 0.717) is 0 Å². The summed E-state index contributed by atoms with van der Waals surface area (Å²) >= 11 is 0. The SMILES string of the molecule is C=CCC(C)CCC.CCCCF. The van der Waals surface area contributed by atoms with E-state index in [0.717, 1.165) is 18.8 Å². The molecule has 1 unspecified atom stereocenters. The molecule has 0 aliphatic rings. The summed E-state index contributed by atoms with van der Waals surface area (Å²) in [6.07, 6.45) is 7.51. The van der Waals surface area contributed by atoms with Gasteiger partial charge in [0.1, 0.15) is 0 Å². The normalized spacial score (nSPS) is 11.4. The maximum atomic E-state index is 11.0. The van der Waals surface area contributed by atoms with Crippen molar-refractivity contribution in [2.24, 2.45) is 5.92 Å². The van der Waals surface area contributed by atoms with Crippen molar-refractivity contribution in [2.45, 2.75) is 52.9 Å². The van der Waals surface area contributed by atoms with Crippen LogP contribution in [0.25, 0.3) is 0 Å². The molecule has 0 saturated carbocycles. The summed E-state index contributed by atoms with van der Waals surface area (Å²) in [4.78, 5) is 0. The molecule has 0 aliphatic heterocycles. The molecule has 0 aliphatic carbocycles. The van der Waals surface area contributed by atoms with Crippen LogP contribution in [0.3, 0.4) is 0 Å². The van der Waals surface area contributed by atoms with E-state index < -0.39 is 0 Å². The summed E-state index contributed by atoms with van der Waals surface area (Å²) in [6.45, 7) is 9.99. The van der Waals surface area contributed by atoms with Crippen molar-refractivity contribution in [1.29, 1.82) is 0 Å². The standard InChI is InChI=1S/C8H16.C4H9F/c1-4-6-8(3)7-5-2;1-2-3-4-5/h4,8H,1,5-7H2,2-3H3;2-4H2,1H3. The molecule has 0 bridgehead atoms. The molecule has 0 N–H and O–H groups in total. The van der Waals surface area contributed by atoms with Gasteiger partial charge in [-0.15, -0.1) is 6.58 Å². The third-order valence-corrected chi connectivity index (χ3v) is 1.84. The molecule has 0 amide bonds. The van der Waals surface area contributed by atoms with Gasteiger partial charge >= 0.3 is 0 Å². The monoisotopic (exact) mass is 188 g/mol. The molecule has 1 heteroatoms. The average molecular weight is 188 g/mol. The zero-order chi connectivity index (χ0) is 10.5. The van der Waals surface area contributed by atoms with Crippen molar-refractivity contribution in [3.63, 3.8) is 0 Å². The van der Waals surface area contributed by atoms with Crippen molar-refractivity contribution >= 4 is 0 Å². The zero-order valence-electron chi connectivity index (χ0n) is 9.48. The Kier molecular flexibility index (Phi) is 16.6. The summed E-state index contributed by atoms with van der Waals surface area (Å²) in [5.41, 5.74) is 0. The lowest BCUT2D eigenvalue weighted by Crippen LogP contribution is -1.89. The quantitative estimate of drug-likeness (QED) is 0.527. The lowest BCUT2D eigenvalue weighted by Gasteiger charge is -2.03. The number of halogens is 1. The lowest BCUT2D eigenvalue weighted by molar-refractivity contribution is 0.469. The fourth-order valence-electron chi connectivity index (χ4n) is 1.03. The average Bonchev–Trinajstić information content (AvgIpc) is 2.08. The van der Waals surface area contributed by atoms with Gasteiger partial charge in [0, 0.05) is 0 Å². The van der Waals surface area contributed by atoms with Gasteiger partial charge in [0.25, 0.3) is 0 Å².